The van der Waals surface area contributed by atoms with Gasteiger partial charge in [-0.15, -0.1) is 0 Å². The van der Waals surface area contributed by atoms with Crippen LogP contribution in [0.2, 0.25) is 0 Å². The van der Waals surface area contributed by atoms with Gasteiger partial charge in [0.05, 0.1) is 11.0 Å². The van der Waals surface area contributed by atoms with Gasteiger partial charge in [-0.05, 0) is 18.8 Å². The zero-order chi connectivity index (χ0) is 7.40. The van der Waals surface area contributed by atoms with Crippen molar-refractivity contribution in [3.8, 4) is 0 Å². The predicted octanol–water partition coefficient (Wildman–Crippen LogP) is 0.0354. The second kappa shape index (κ2) is 4.05. The van der Waals surface area contributed by atoms with Crippen LogP contribution in [0.1, 0.15) is 12.8 Å². The second-order valence-corrected chi connectivity index (χ2v) is 3.77. The average molecular weight is 163 g/mol. The molecule has 1 fully saturated rings. The maximum Gasteiger partial charge on any atom is 0.0888 e. The van der Waals surface area contributed by atoms with Crippen molar-refractivity contribution >= 4 is 11.0 Å². The van der Waals surface area contributed by atoms with Crippen molar-refractivity contribution in [2.45, 2.75) is 12.8 Å². The van der Waals surface area contributed by atoms with E-state index in [1.54, 1.807) is 0 Å². The largest absolute Gasteiger partial charge is 0.381 e. The molecule has 3 nitrogen and oxygen atoms in total. The molecule has 4 heteroatoms. The third-order valence-corrected chi connectivity index (χ3v) is 2.39. The Labute approximate surface area is 63.5 Å². The SMILES string of the molecule is NS(=O)CCC1CCOC1. The summed E-state index contributed by atoms with van der Waals surface area (Å²) in [5, 5.41) is 5.10. The third-order valence-electron chi connectivity index (χ3n) is 1.75. The highest BCUT2D eigenvalue weighted by Gasteiger charge is 2.15. The summed E-state index contributed by atoms with van der Waals surface area (Å²) < 4.78 is 15.6. The summed E-state index contributed by atoms with van der Waals surface area (Å²) in [6.45, 7) is 1.69. The highest BCUT2D eigenvalue weighted by Crippen LogP contribution is 2.15. The van der Waals surface area contributed by atoms with Crippen LogP contribution in [0.4, 0.5) is 0 Å². The summed E-state index contributed by atoms with van der Waals surface area (Å²) in [5.74, 6) is 1.22. The van der Waals surface area contributed by atoms with Crippen LogP contribution in [-0.2, 0) is 15.7 Å². The molecule has 0 radical (unpaired) electrons. The van der Waals surface area contributed by atoms with Crippen LogP contribution in [0.3, 0.4) is 0 Å². The highest BCUT2D eigenvalue weighted by molar-refractivity contribution is 7.82. The Morgan fingerprint density at radius 2 is 2.50 bits per heavy atom. The van der Waals surface area contributed by atoms with Crippen LogP contribution in [0.25, 0.3) is 0 Å². The maximum absolute atomic E-state index is 10.4. The molecular weight excluding hydrogens is 150 g/mol. The van der Waals surface area contributed by atoms with Crippen LogP contribution in [0.5, 0.6) is 0 Å². The number of rotatable bonds is 3. The first kappa shape index (κ1) is 8.17. The molecule has 2 atom stereocenters. The van der Waals surface area contributed by atoms with Crippen molar-refractivity contribution < 1.29 is 8.95 Å². The lowest BCUT2D eigenvalue weighted by atomic mass is 10.1. The Kier molecular flexibility index (Phi) is 3.31. The molecule has 0 aliphatic carbocycles. The van der Waals surface area contributed by atoms with E-state index in [1.165, 1.54) is 0 Å². The minimum absolute atomic E-state index is 0.604. The van der Waals surface area contributed by atoms with Gasteiger partial charge in [-0.2, -0.15) is 0 Å². The number of ether oxygens (including phenoxy) is 1. The van der Waals surface area contributed by atoms with Gasteiger partial charge in [-0.3, -0.25) is 5.14 Å². The van der Waals surface area contributed by atoms with Gasteiger partial charge < -0.3 is 4.74 Å². The summed E-state index contributed by atoms with van der Waals surface area (Å²) in [6.07, 6.45) is 2.06. The van der Waals surface area contributed by atoms with Gasteiger partial charge in [-0.25, -0.2) is 4.21 Å². The molecule has 1 aliphatic rings. The topological polar surface area (TPSA) is 52.3 Å². The number of hydrogen-bond donors (Lipinski definition) is 1. The van der Waals surface area contributed by atoms with E-state index >= 15 is 0 Å². The predicted molar refractivity (Wildman–Crippen MR) is 40.7 cm³/mol. The first-order valence-corrected chi connectivity index (χ1v) is 4.88. The molecule has 0 saturated carbocycles. The molecular formula is C6H13NO2S. The normalized spacial score (nSPS) is 28.7. The molecule has 0 amide bonds. The van der Waals surface area contributed by atoms with Gasteiger partial charge in [0.25, 0.3) is 0 Å². The zero-order valence-electron chi connectivity index (χ0n) is 5.91. The van der Waals surface area contributed by atoms with E-state index in [-0.39, 0.29) is 0 Å². The van der Waals surface area contributed by atoms with E-state index in [9.17, 15) is 4.21 Å². The van der Waals surface area contributed by atoms with Gasteiger partial charge in [-0.1, -0.05) is 0 Å². The van der Waals surface area contributed by atoms with Crippen LogP contribution < -0.4 is 5.14 Å². The van der Waals surface area contributed by atoms with Gasteiger partial charge in [0, 0.05) is 19.0 Å². The Morgan fingerprint density at radius 1 is 1.70 bits per heavy atom. The standard InChI is InChI=1S/C6H13NO2S/c7-10(8)4-2-6-1-3-9-5-6/h6H,1-5,7H2. The van der Waals surface area contributed by atoms with Crippen LogP contribution in [-0.4, -0.2) is 23.2 Å². The number of hydrogen-bond acceptors (Lipinski definition) is 2. The molecule has 0 aromatic heterocycles. The minimum atomic E-state index is -1.12. The Balaban J connectivity index is 2.07. The summed E-state index contributed by atoms with van der Waals surface area (Å²) in [7, 11) is -1.12. The van der Waals surface area contributed by atoms with E-state index in [0.29, 0.717) is 11.7 Å². The van der Waals surface area contributed by atoms with Gasteiger partial charge in [0.15, 0.2) is 0 Å². The zero-order valence-corrected chi connectivity index (χ0v) is 6.73. The maximum atomic E-state index is 10.4. The first-order chi connectivity index (χ1) is 4.79. The fourth-order valence-corrected chi connectivity index (χ4v) is 1.66. The number of nitrogens with two attached hydrogens (primary N) is 1. The summed E-state index contributed by atoms with van der Waals surface area (Å²) in [5.41, 5.74) is 0. The molecule has 0 spiro atoms. The van der Waals surface area contributed by atoms with Crippen molar-refractivity contribution in [3.63, 3.8) is 0 Å². The van der Waals surface area contributed by atoms with Crippen LogP contribution >= 0.6 is 0 Å². The monoisotopic (exact) mass is 163 g/mol. The molecule has 2 N–H and O–H groups in total. The average Bonchev–Trinajstić information content (AvgIpc) is 2.34. The van der Waals surface area contributed by atoms with Crippen molar-refractivity contribution in [2.75, 3.05) is 19.0 Å². The molecule has 0 aromatic rings. The van der Waals surface area contributed by atoms with Crippen LogP contribution in [0.15, 0.2) is 0 Å². The smallest absolute Gasteiger partial charge is 0.0888 e. The van der Waals surface area contributed by atoms with Crippen molar-refractivity contribution in [1.82, 2.24) is 0 Å². The lowest BCUT2D eigenvalue weighted by Crippen LogP contribution is -2.11. The summed E-state index contributed by atoms with van der Waals surface area (Å²) in [4.78, 5) is 0. The van der Waals surface area contributed by atoms with Crippen molar-refractivity contribution in [2.24, 2.45) is 11.1 Å². The summed E-state index contributed by atoms with van der Waals surface area (Å²) in [6, 6.07) is 0. The lowest BCUT2D eigenvalue weighted by Gasteiger charge is -2.03. The Bertz CT molecular complexity index is 123. The van der Waals surface area contributed by atoms with E-state index in [0.717, 1.165) is 26.1 Å². The summed E-state index contributed by atoms with van der Waals surface area (Å²) >= 11 is 0. The molecule has 2 unspecified atom stereocenters. The molecule has 10 heavy (non-hydrogen) atoms. The van der Waals surface area contributed by atoms with E-state index in [4.69, 9.17) is 9.88 Å². The second-order valence-electron chi connectivity index (χ2n) is 2.60. The van der Waals surface area contributed by atoms with Gasteiger partial charge >= 0.3 is 0 Å². The Morgan fingerprint density at radius 3 is 3.00 bits per heavy atom. The molecule has 60 valence electrons. The fourth-order valence-electron chi connectivity index (χ4n) is 1.09. The van der Waals surface area contributed by atoms with E-state index < -0.39 is 11.0 Å². The minimum Gasteiger partial charge on any atom is -0.381 e. The third kappa shape index (κ3) is 2.77. The van der Waals surface area contributed by atoms with E-state index in [1.807, 2.05) is 0 Å². The van der Waals surface area contributed by atoms with Gasteiger partial charge in [0.2, 0.25) is 0 Å². The van der Waals surface area contributed by atoms with Crippen LogP contribution in [0, 0.1) is 5.92 Å². The lowest BCUT2D eigenvalue weighted by molar-refractivity contribution is 0.185. The van der Waals surface area contributed by atoms with Gasteiger partial charge in [0.1, 0.15) is 0 Å². The molecule has 1 rings (SSSR count). The highest BCUT2D eigenvalue weighted by atomic mass is 32.2. The molecule has 1 heterocycles. The first-order valence-electron chi connectivity index (χ1n) is 3.49. The van der Waals surface area contributed by atoms with E-state index in [2.05, 4.69) is 0 Å². The molecule has 0 aromatic carbocycles. The molecule has 1 aliphatic heterocycles. The van der Waals surface area contributed by atoms with Crippen molar-refractivity contribution in [1.29, 1.82) is 0 Å². The fraction of sp³-hybridized carbons (Fsp3) is 1.00. The quantitative estimate of drug-likeness (QED) is 0.638. The Hall–Kier alpha value is 0.0700. The molecule has 1 saturated heterocycles. The van der Waals surface area contributed by atoms with Crippen molar-refractivity contribution in [3.05, 3.63) is 0 Å². The molecule has 0 bridgehead atoms.